The first-order valence-electron chi connectivity index (χ1n) is 5.59. The number of aliphatic carboxylic acids is 1. The molecule has 1 atom stereocenters. The summed E-state index contributed by atoms with van der Waals surface area (Å²) in [6, 6.07) is 10.5. The van der Waals surface area contributed by atoms with Crippen LogP contribution in [0.4, 0.5) is 0 Å². The van der Waals surface area contributed by atoms with Crippen molar-refractivity contribution in [3.63, 3.8) is 0 Å². The van der Waals surface area contributed by atoms with Gasteiger partial charge in [0.25, 0.3) is 0 Å². The molecule has 4 nitrogen and oxygen atoms in total. The van der Waals surface area contributed by atoms with Crippen LogP contribution in [0.3, 0.4) is 0 Å². The fraction of sp³-hybridized carbons (Fsp3) is 0.385. The third-order valence-electron chi connectivity index (χ3n) is 2.63. The number of nitriles is 1. The summed E-state index contributed by atoms with van der Waals surface area (Å²) in [5, 5.41) is 17.9. The maximum absolute atomic E-state index is 11.3. The number of rotatable bonds is 6. The molecule has 1 N–H and O–H groups in total. The second kappa shape index (κ2) is 6.66. The smallest absolute Gasteiger partial charge is 0.325 e. The highest BCUT2D eigenvalue weighted by atomic mass is 16.4. The Kier molecular flexibility index (Phi) is 5.18. The van der Waals surface area contributed by atoms with Gasteiger partial charge in [-0.15, -0.1) is 0 Å². The van der Waals surface area contributed by atoms with Crippen LogP contribution in [0.2, 0.25) is 0 Å². The normalized spacial score (nSPS) is 12.1. The SMILES string of the molecule is CCN(CCC#N)C(C(=O)O)c1ccccc1. The molecule has 17 heavy (non-hydrogen) atoms. The Balaban J connectivity index is 2.92. The van der Waals surface area contributed by atoms with Crippen LogP contribution in [0, 0.1) is 11.3 Å². The summed E-state index contributed by atoms with van der Waals surface area (Å²) in [4.78, 5) is 13.1. The first-order valence-corrected chi connectivity index (χ1v) is 5.59. The number of nitrogens with zero attached hydrogens (tertiary/aromatic N) is 2. The summed E-state index contributed by atoms with van der Waals surface area (Å²) >= 11 is 0. The quantitative estimate of drug-likeness (QED) is 0.815. The molecule has 0 bridgehead atoms. The molecular formula is C13H16N2O2. The van der Waals surface area contributed by atoms with E-state index in [9.17, 15) is 9.90 Å². The molecule has 1 rings (SSSR count). The largest absolute Gasteiger partial charge is 0.480 e. The van der Waals surface area contributed by atoms with Crippen molar-refractivity contribution < 1.29 is 9.90 Å². The molecule has 1 aromatic carbocycles. The molecule has 0 saturated carbocycles. The molecule has 4 heteroatoms. The van der Waals surface area contributed by atoms with Crippen molar-refractivity contribution in [1.82, 2.24) is 4.90 Å². The van der Waals surface area contributed by atoms with Gasteiger partial charge in [0.1, 0.15) is 6.04 Å². The van der Waals surface area contributed by atoms with Crippen LogP contribution in [0.1, 0.15) is 24.9 Å². The number of benzene rings is 1. The highest BCUT2D eigenvalue weighted by molar-refractivity contribution is 5.75. The Hall–Kier alpha value is -1.86. The van der Waals surface area contributed by atoms with Crippen LogP contribution in [0.5, 0.6) is 0 Å². The molecule has 0 radical (unpaired) electrons. The number of hydrogen-bond donors (Lipinski definition) is 1. The van der Waals surface area contributed by atoms with Gasteiger partial charge in [-0.05, 0) is 12.1 Å². The summed E-state index contributed by atoms with van der Waals surface area (Å²) < 4.78 is 0. The van der Waals surface area contributed by atoms with E-state index in [-0.39, 0.29) is 0 Å². The van der Waals surface area contributed by atoms with E-state index in [1.165, 1.54) is 0 Å². The molecule has 0 aromatic heterocycles. The number of carbonyl (C=O) groups is 1. The molecule has 0 aliphatic carbocycles. The van der Waals surface area contributed by atoms with Crippen LogP contribution in [0.15, 0.2) is 30.3 Å². The second-order valence-corrected chi connectivity index (χ2v) is 3.69. The molecule has 1 unspecified atom stereocenters. The number of carboxylic acid groups (broad SMARTS) is 1. The lowest BCUT2D eigenvalue weighted by Crippen LogP contribution is -2.34. The molecule has 0 heterocycles. The highest BCUT2D eigenvalue weighted by Gasteiger charge is 2.25. The van der Waals surface area contributed by atoms with Gasteiger partial charge in [-0.3, -0.25) is 9.69 Å². The minimum atomic E-state index is -0.879. The third-order valence-corrected chi connectivity index (χ3v) is 2.63. The molecular weight excluding hydrogens is 216 g/mol. The summed E-state index contributed by atoms with van der Waals surface area (Å²) in [6.07, 6.45) is 0.338. The van der Waals surface area contributed by atoms with Crippen molar-refractivity contribution in [3.8, 4) is 6.07 Å². The monoisotopic (exact) mass is 232 g/mol. The molecule has 1 aromatic rings. The van der Waals surface area contributed by atoms with Gasteiger partial charge in [0.05, 0.1) is 6.07 Å². The zero-order chi connectivity index (χ0) is 12.7. The Bertz CT molecular complexity index is 398. The first kappa shape index (κ1) is 13.2. The Labute approximate surface area is 101 Å². The molecule has 0 aliphatic rings. The van der Waals surface area contributed by atoms with Gasteiger partial charge in [0.2, 0.25) is 0 Å². The maximum Gasteiger partial charge on any atom is 0.325 e. The van der Waals surface area contributed by atoms with Gasteiger partial charge in [0, 0.05) is 13.0 Å². The van der Waals surface area contributed by atoms with Crippen LogP contribution < -0.4 is 0 Å². The fourth-order valence-corrected chi connectivity index (χ4v) is 1.81. The van der Waals surface area contributed by atoms with Gasteiger partial charge in [-0.25, -0.2) is 0 Å². The van der Waals surface area contributed by atoms with Crippen LogP contribution in [-0.4, -0.2) is 29.1 Å². The van der Waals surface area contributed by atoms with Gasteiger partial charge >= 0.3 is 5.97 Å². The number of hydrogen-bond acceptors (Lipinski definition) is 3. The van der Waals surface area contributed by atoms with Gasteiger partial charge in [-0.2, -0.15) is 5.26 Å². The number of likely N-dealkylation sites (N-methyl/N-ethyl adjacent to an activating group) is 1. The molecule has 90 valence electrons. The third kappa shape index (κ3) is 3.58. The molecule has 0 spiro atoms. The maximum atomic E-state index is 11.3. The zero-order valence-electron chi connectivity index (χ0n) is 9.84. The lowest BCUT2D eigenvalue weighted by molar-refractivity contribution is -0.143. The van der Waals surface area contributed by atoms with Crippen LogP contribution in [-0.2, 0) is 4.79 Å². The summed E-state index contributed by atoms with van der Waals surface area (Å²) in [5.74, 6) is -0.879. The Morgan fingerprint density at radius 3 is 2.59 bits per heavy atom. The van der Waals surface area contributed by atoms with Gasteiger partial charge in [-0.1, -0.05) is 37.3 Å². The Morgan fingerprint density at radius 2 is 2.12 bits per heavy atom. The van der Waals surface area contributed by atoms with E-state index in [1.54, 1.807) is 17.0 Å². The van der Waals surface area contributed by atoms with Crippen molar-refractivity contribution in [1.29, 1.82) is 5.26 Å². The lowest BCUT2D eigenvalue weighted by Gasteiger charge is -2.26. The van der Waals surface area contributed by atoms with Crippen molar-refractivity contribution in [2.45, 2.75) is 19.4 Å². The van der Waals surface area contributed by atoms with E-state index < -0.39 is 12.0 Å². The van der Waals surface area contributed by atoms with E-state index >= 15 is 0 Å². The standard InChI is InChI=1S/C13H16N2O2/c1-2-15(10-6-9-14)12(13(16)17)11-7-4-3-5-8-11/h3-5,7-8,12H,2,6,10H2,1H3,(H,16,17). The zero-order valence-corrected chi connectivity index (χ0v) is 9.84. The minimum Gasteiger partial charge on any atom is -0.480 e. The summed E-state index contributed by atoms with van der Waals surface area (Å²) in [5.41, 5.74) is 0.750. The van der Waals surface area contributed by atoms with E-state index in [0.29, 0.717) is 19.5 Å². The predicted molar refractivity (Wildman–Crippen MR) is 64.3 cm³/mol. The van der Waals surface area contributed by atoms with Crippen molar-refractivity contribution in [2.75, 3.05) is 13.1 Å². The highest BCUT2D eigenvalue weighted by Crippen LogP contribution is 2.20. The summed E-state index contributed by atoms with van der Waals surface area (Å²) in [7, 11) is 0. The average Bonchev–Trinajstić information content (AvgIpc) is 2.35. The van der Waals surface area contributed by atoms with Gasteiger partial charge < -0.3 is 5.11 Å². The van der Waals surface area contributed by atoms with E-state index in [0.717, 1.165) is 5.56 Å². The van der Waals surface area contributed by atoms with Gasteiger partial charge in [0.15, 0.2) is 0 Å². The second-order valence-electron chi connectivity index (χ2n) is 3.69. The van der Waals surface area contributed by atoms with E-state index in [4.69, 9.17) is 5.26 Å². The summed E-state index contributed by atoms with van der Waals surface area (Å²) in [6.45, 7) is 2.97. The molecule has 0 amide bonds. The van der Waals surface area contributed by atoms with Crippen molar-refractivity contribution >= 4 is 5.97 Å². The number of carboxylic acids is 1. The average molecular weight is 232 g/mol. The van der Waals surface area contributed by atoms with Crippen molar-refractivity contribution in [3.05, 3.63) is 35.9 Å². The van der Waals surface area contributed by atoms with Crippen LogP contribution in [0.25, 0.3) is 0 Å². The lowest BCUT2D eigenvalue weighted by atomic mass is 10.1. The topological polar surface area (TPSA) is 64.3 Å². The molecule has 0 fully saturated rings. The fourth-order valence-electron chi connectivity index (χ4n) is 1.81. The van der Waals surface area contributed by atoms with Crippen molar-refractivity contribution in [2.24, 2.45) is 0 Å². The predicted octanol–water partition coefficient (Wildman–Crippen LogP) is 2.05. The Morgan fingerprint density at radius 1 is 1.47 bits per heavy atom. The van der Waals surface area contributed by atoms with Crippen LogP contribution >= 0.6 is 0 Å². The van der Waals surface area contributed by atoms with E-state index in [1.807, 2.05) is 31.2 Å². The van der Waals surface area contributed by atoms with E-state index in [2.05, 4.69) is 0 Å². The molecule has 0 aliphatic heterocycles. The molecule has 0 saturated heterocycles. The first-order chi connectivity index (χ1) is 8.20. The minimum absolute atomic E-state index is 0.338.